The van der Waals surface area contributed by atoms with Gasteiger partial charge in [-0.2, -0.15) is 0 Å². The van der Waals surface area contributed by atoms with Gasteiger partial charge in [-0.3, -0.25) is 4.79 Å². The van der Waals surface area contributed by atoms with Crippen LogP contribution in [0.25, 0.3) is 0 Å². The Kier molecular flexibility index (Phi) is 5.63. The van der Waals surface area contributed by atoms with Crippen molar-refractivity contribution in [3.63, 3.8) is 0 Å². The molecule has 1 aliphatic heterocycles. The zero-order valence-electron chi connectivity index (χ0n) is 16.5. The molecule has 1 unspecified atom stereocenters. The van der Waals surface area contributed by atoms with Crippen LogP contribution in [0.3, 0.4) is 0 Å². The van der Waals surface area contributed by atoms with Crippen LogP contribution < -0.4 is 0 Å². The van der Waals surface area contributed by atoms with Crippen molar-refractivity contribution < 1.29 is 13.9 Å². The van der Waals surface area contributed by atoms with Crippen LogP contribution in [-0.4, -0.2) is 50.4 Å². The van der Waals surface area contributed by atoms with Gasteiger partial charge in [0.15, 0.2) is 0 Å². The summed E-state index contributed by atoms with van der Waals surface area (Å²) in [5.74, 6) is -0.281. The van der Waals surface area contributed by atoms with Crippen molar-refractivity contribution in [3.8, 4) is 0 Å². The molecule has 1 atom stereocenters. The minimum Gasteiger partial charge on any atom is -0.361 e. The minimum atomic E-state index is -0.598. The second-order valence-corrected chi connectivity index (χ2v) is 7.60. The maximum Gasteiger partial charge on any atom is 0.253 e. The molecule has 0 N–H and O–H groups in total. The summed E-state index contributed by atoms with van der Waals surface area (Å²) in [7, 11) is 7.59. The molecule has 4 nitrogen and oxygen atoms in total. The summed E-state index contributed by atoms with van der Waals surface area (Å²) in [6, 6.07) is 12.4. The van der Waals surface area contributed by atoms with E-state index in [1.807, 2.05) is 32.3 Å². The first-order valence-corrected chi connectivity index (χ1v) is 9.23. The Balaban J connectivity index is 2.00. The maximum atomic E-state index is 13.5. The van der Waals surface area contributed by atoms with Crippen molar-refractivity contribution in [2.75, 3.05) is 34.7 Å². The van der Waals surface area contributed by atoms with Crippen molar-refractivity contribution in [2.45, 2.75) is 25.0 Å². The highest BCUT2D eigenvalue weighted by atomic mass is 19.1. The first kappa shape index (κ1) is 19.5. The van der Waals surface area contributed by atoms with Crippen LogP contribution >= 0.6 is 0 Å². The summed E-state index contributed by atoms with van der Waals surface area (Å²) in [6.45, 7) is 1.39. The third-order valence-corrected chi connectivity index (χ3v) is 5.11. The van der Waals surface area contributed by atoms with Gasteiger partial charge in [-0.1, -0.05) is 18.2 Å². The third-order valence-electron chi connectivity index (χ3n) is 5.11. The van der Waals surface area contributed by atoms with Crippen LogP contribution in [-0.2, 0) is 16.9 Å². The molecule has 0 saturated heterocycles. The number of hydrogen-bond donors (Lipinski definition) is 0. The molecule has 144 valence electrons. The molecule has 1 amide bonds. The van der Waals surface area contributed by atoms with Crippen molar-refractivity contribution in [3.05, 3.63) is 70.5 Å². The number of ether oxygens (including phenoxy) is 1. The Morgan fingerprint density at radius 3 is 2.44 bits per heavy atom. The lowest BCUT2D eigenvalue weighted by Gasteiger charge is -2.31. The molecular weight excluding hydrogens is 343 g/mol. The van der Waals surface area contributed by atoms with E-state index in [-0.39, 0.29) is 11.7 Å². The number of benzene rings is 2. The van der Waals surface area contributed by atoms with E-state index in [0.717, 1.165) is 36.1 Å². The van der Waals surface area contributed by atoms with Gasteiger partial charge in [0, 0.05) is 19.7 Å². The van der Waals surface area contributed by atoms with E-state index in [1.165, 1.54) is 12.1 Å². The van der Waals surface area contributed by atoms with Gasteiger partial charge in [0.2, 0.25) is 0 Å². The van der Waals surface area contributed by atoms with Crippen LogP contribution in [0.4, 0.5) is 4.39 Å². The summed E-state index contributed by atoms with van der Waals surface area (Å²) < 4.78 is 19.8. The van der Waals surface area contributed by atoms with Gasteiger partial charge in [0.1, 0.15) is 11.4 Å². The molecule has 0 spiro atoms. The normalized spacial score (nSPS) is 18.6. The summed E-state index contributed by atoms with van der Waals surface area (Å²) in [5.41, 5.74) is 3.11. The minimum absolute atomic E-state index is 0.0234. The predicted octanol–water partition coefficient (Wildman–Crippen LogP) is 3.64. The monoisotopic (exact) mass is 370 g/mol. The average molecular weight is 370 g/mol. The summed E-state index contributed by atoms with van der Waals surface area (Å²) in [4.78, 5) is 16.0. The van der Waals surface area contributed by atoms with E-state index in [1.54, 1.807) is 31.1 Å². The van der Waals surface area contributed by atoms with Crippen LogP contribution in [0.15, 0.2) is 42.5 Å². The van der Waals surface area contributed by atoms with Gasteiger partial charge in [0.25, 0.3) is 5.91 Å². The van der Waals surface area contributed by atoms with Crippen LogP contribution in [0.2, 0.25) is 0 Å². The smallest absolute Gasteiger partial charge is 0.253 e. The highest BCUT2D eigenvalue weighted by Gasteiger charge is 2.41. The molecule has 5 heteroatoms. The highest BCUT2D eigenvalue weighted by Crippen LogP contribution is 2.45. The Morgan fingerprint density at radius 1 is 1.11 bits per heavy atom. The number of fused-ring (bicyclic) bond motifs is 1. The topological polar surface area (TPSA) is 32.8 Å². The zero-order valence-corrected chi connectivity index (χ0v) is 16.5. The number of hydrogen-bond acceptors (Lipinski definition) is 3. The molecule has 0 radical (unpaired) electrons. The fourth-order valence-electron chi connectivity index (χ4n) is 3.73. The quantitative estimate of drug-likeness (QED) is 0.778. The van der Waals surface area contributed by atoms with Crippen molar-refractivity contribution >= 4 is 5.91 Å². The molecule has 0 fully saturated rings. The van der Waals surface area contributed by atoms with Crippen molar-refractivity contribution in [2.24, 2.45) is 0 Å². The Labute approximate surface area is 160 Å². The standard InChI is InChI=1S/C22H27FN2O2/c1-24(2)13-5-12-22(18-7-9-19(23)10-8-18)20-11-6-16(21(26)25(3)4)14-17(20)15-27-22/h6-11,14H,5,12-13,15H2,1-4H3. The van der Waals surface area contributed by atoms with E-state index in [9.17, 15) is 9.18 Å². The molecule has 2 aromatic carbocycles. The predicted molar refractivity (Wildman–Crippen MR) is 104 cm³/mol. The Hall–Kier alpha value is -2.24. The van der Waals surface area contributed by atoms with Crippen LogP contribution in [0, 0.1) is 5.82 Å². The lowest BCUT2D eigenvalue weighted by Crippen LogP contribution is -2.29. The molecule has 3 rings (SSSR count). The fourth-order valence-corrected chi connectivity index (χ4v) is 3.73. The molecule has 27 heavy (non-hydrogen) atoms. The van der Waals surface area contributed by atoms with Gasteiger partial charge in [-0.15, -0.1) is 0 Å². The SMILES string of the molecule is CN(C)CCCC1(c2ccc(F)cc2)OCc2cc(C(=O)N(C)C)ccc21. The van der Waals surface area contributed by atoms with Crippen LogP contribution in [0.1, 0.15) is 39.9 Å². The maximum absolute atomic E-state index is 13.5. The Morgan fingerprint density at radius 2 is 1.81 bits per heavy atom. The Bertz CT molecular complexity index is 818. The summed E-state index contributed by atoms with van der Waals surface area (Å²) >= 11 is 0. The number of amides is 1. The lowest BCUT2D eigenvalue weighted by molar-refractivity contribution is -0.0140. The highest BCUT2D eigenvalue weighted by molar-refractivity contribution is 5.94. The van der Waals surface area contributed by atoms with Gasteiger partial charge in [0.05, 0.1) is 6.61 Å². The number of carbonyl (C=O) groups is 1. The third kappa shape index (κ3) is 3.89. The summed E-state index contributed by atoms with van der Waals surface area (Å²) in [6.07, 6.45) is 1.74. The number of rotatable bonds is 6. The first-order valence-electron chi connectivity index (χ1n) is 9.23. The zero-order chi connectivity index (χ0) is 19.6. The molecule has 0 saturated carbocycles. The van der Waals surface area contributed by atoms with Gasteiger partial charge in [-0.25, -0.2) is 4.39 Å². The second kappa shape index (κ2) is 7.79. The van der Waals surface area contributed by atoms with E-state index in [4.69, 9.17) is 4.74 Å². The molecule has 0 aliphatic carbocycles. The second-order valence-electron chi connectivity index (χ2n) is 7.60. The van der Waals surface area contributed by atoms with Crippen molar-refractivity contribution in [1.29, 1.82) is 0 Å². The molecule has 1 heterocycles. The molecular formula is C22H27FN2O2. The van der Waals surface area contributed by atoms with E-state index in [0.29, 0.717) is 12.2 Å². The first-order chi connectivity index (χ1) is 12.8. The van der Waals surface area contributed by atoms with E-state index >= 15 is 0 Å². The van der Waals surface area contributed by atoms with Gasteiger partial charge >= 0.3 is 0 Å². The number of nitrogens with zero attached hydrogens (tertiary/aromatic N) is 2. The lowest BCUT2D eigenvalue weighted by atomic mass is 9.81. The van der Waals surface area contributed by atoms with E-state index < -0.39 is 5.60 Å². The average Bonchev–Trinajstić information content (AvgIpc) is 3.00. The fraction of sp³-hybridized carbons (Fsp3) is 0.409. The van der Waals surface area contributed by atoms with E-state index in [2.05, 4.69) is 4.90 Å². The summed E-state index contributed by atoms with van der Waals surface area (Å²) in [5, 5.41) is 0. The molecule has 0 bridgehead atoms. The van der Waals surface area contributed by atoms with Gasteiger partial charge in [-0.05, 0) is 74.4 Å². The number of halogens is 1. The molecule has 1 aliphatic rings. The van der Waals surface area contributed by atoms with Crippen LogP contribution in [0.5, 0.6) is 0 Å². The van der Waals surface area contributed by atoms with Crippen molar-refractivity contribution in [1.82, 2.24) is 9.80 Å². The number of carbonyl (C=O) groups excluding carboxylic acids is 1. The molecule has 2 aromatic rings. The van der Waals surface area contributed by atoms with Gasteiger partial charge < -0.3 is 14.5 Å². The molecule has 0 aromatic heterocycles. The largest absolute Gasteiger partial charge is 0.361 e.